The summed E-state index contributed by atoms with van der Waals surface area (Å²) in [6, 6.07) is 0. The molecule has 2 unspecified atom stereocenters. The van der Waals surface area contributed by atoms with Gasteiger partial charge in [0.25, 0.3) is 0 Å². The van der Waals surface area contributed by atoms with Crippen molar-refractivity contribution < 1.29 is 14.6 Å². The zero-order chi connectivity index (χ0) is 9.90. The van der Waals surface area contributed by atoms with Gasteiger partial charge in [0.1, 0.15) is 11.5 Å². The van der Waals surface area contributed by atoms with E-state index in [2.05, 4.69) is 0 Å². The van der Waals surface area contributed by atoms with Crippen molar-refractivity contribution >= 4 is 5.97 Å². The minimum absolute atomic E-state index is 0.576. The highest BCUT2D eigenvalue weighted by Crippen LogP contribution is 2.31. The first-order chi connectivity index (χ1) is 6.16. The van der Waals surface area contributed by atoms with Gasteiger partial charge in [-0.25, -0.2) is 0 Å². The van der Waals surface area contributed by atoms with E-state index < -0.39 is 17.5 Å². The molecule has 13 heavy (non-hydrogen) atoms. The predicted octanol–water partition coefficient (Wildman–Crippen LogP) is 1.61. The molecule has 0 aliphatic heterocycles. The lowest BCUT2D eigenvalue weighted by Crippen LogP contribution is -2.42. The summed E-state index contributed by atoms with van der Waals surface area (Å²) in [7, 11) is 1.54. The van der Waals surface area contributed by atoms with E-state index in [1.165, 1.54) is 0 Å². The first kappa shape index (κ1) is 9.99. The van der Waals surface area contributed by atoms with Gasteiger partial charge in [0.05, 0.1) is 0 Å². The van der Waals surface area contributed by atoms with Crippen LogP contribution in [-0.2, 0) is 9.53 Å². The van der Waals surface area contributed by atoms with Crippen molar-refractivity contribution in [2.45, 2.75) is 18.9 Å². The molecule has 0 amide bonds. The highest BCUT2D eigenvalue weighted by molar-refractivity contribution is 5.75. The van der Waals surface area contributed by atoms with Crippen LogP contribution in [-0.4, -0.2) is 23.8 Å². The summed E-state index contributed by atoms with van der Waals surface area (Å²) in [6.45, 7) is 1.92. The molecule has 0 saturated carbocycles. The van der Waals surface area contributed by atoms with Crippen molar-refractivity contribution in [2.24, 2.45) is 5.92 Å². The van der Waals surface area contributed by atoms with Gasteiger partial charge in [-0.3, -0.25) is 4.79 Å². The molecule has 1 aliphatic carbocycles. The van der Waals surface area contributed by atoms with Crippen molar-refractivity contribution in [3.8, 4) is 0 Å². The molecular formula is C10H14O3. The maximum absolute atomic E-state index is 10.9. The second-order valence-corrected chi connectivity index (χ2v) is 3.07. The van der Waals surface area contributed by atoms with E-state index in [9.17, 15) is 4.79 Å². The molecule has 1 rings (SSSR count). The second kappa shape index (κ2) is 3.75. The van der Waals surface area contributed by atoms with Gasteiger partial charge in [-0.15, -0.1) is 0 Å². The highest BCUT2D eigenvalue weighted by Gasteiger charge is 2.39. The minimum Gasteiger partial charge on any atom is -0.481 e. The van der Waals surface area contributed by atoms with Gasteiger partial charge in [-0.2, -0.15) is 0 Å². The largest absolute Gasteiger partial charge is 0.481 e. The van der Waals surface area contributed by atoms with Crippen LogP contribution in [0.5, 0.6) is 0 Å². The molecule has 3 heteroatoms. The Labute approximate surface area is 77.7 Å². The fourth-order valence-electron chi connectivity index (χ4n) is 1.63. The summed E-state index contributed by atoms with van der Waals surface area (Å²) in [4.78, 5) is 10.9. The molecule has 0 fully saturated rings. The van der Waals surface area contributed by atoms with E-state index >= 15 is 0 Å². The van der Waals surface area contributed by atoms with E-state index in [0.717, 1.165) is 0 Å². The number of carbonyl (C=O) groups is 1. The number of methoxy groups -OCH3 is 1. The maximum Gasteiger partial charge on any atom is 0.313 e. The number of hydrogen-bond donors (Lipinski definition) is 1. The number of ether oxygens (including phenoxy) is 1. The SMILES string of the molecule is CCC1(OC)C=CC=CC1C(=O)O. The number of rotatable bonds is 3. The molecule has 3 nitrogen and oxygen atoms in total. The Bertz CT molecular complexity index is 249. The van der Waals surface area contributed by atoms with Crippen LogP contribution in [0.25, 0.3) is 0 Å². The third kappa shape index (κ3) is 1.65. The lowest BCUT2D eigenvalue weighted by atomic mass is 9.81. The normalized spacial score (nSPS) is 32.0. The van der Waals surface area contributed by atoms with Gasteiger partial charge in [-0.05, 0) is 6.42 Å². The van der Waals surface area contributed by atoms with Crippen LogP contribution in [0, 0.1) is 5.92 Å². The van der Waals surface area contributed by atoms with Gasteiger partial charge in [0.2, 0.25) is 0 Å². The summed E-state index contributed by atoms with van der Waals surface area (Å²) >= 11 is 0. The quantitative estimate of drug-likeness (QED) is 0.721. The number of hydrogen-bond acceptors (Lipinski definition) is 2. The van der Waals surface area contributed by atoms with Gasteiger partial charge < -0.3 is 9.84 Å². The third-order valence-electron chi connectivity index (χ3n) is 2.52. The van der Waals surface area contributed by atoms with Crippen molar-refractivity contribution in [3.63, 3.8) is 0 Å². The van der Waals surface area contributed by atoms with Gasteiger partial charge in [-0.1, -0.05) is 31.2 Å². The van der Waals surface area contributed by atoms with Crippen LogP contribution >= 0.6 is 0 Å². The van der Waals surface area contributed by atoms with Crippen molar-refractivity contribution in [2.75, 3.05) is 7.11 Å². The van der Waals surface area contributed by atoms with Gasteiger partial charge in [0.15, 0.2) is 0 Å². The minimum atomic E-state index is -0.843. The first-order valence-corrected chi connectivity index (χ1v) is 4.30. The fourth-order valence-corrected chi connectivity index (χ4v) is 1.63. The summed E-state index contributed by atoms with van der Waals surface area (Å²) in [5, 5.41) is 8.97. The Hall–Kier alpha value is -1.09. The molecule has 0 aromatic carbocycles. The van der Waals surface area contributed by atoms with Crippen LogP contribution in [0.3, 0.4) is 0 Å². The lowest BCUT2D eigenvalue weighted by Gasteiger charge is -2.33. The number of carboxylic acids is 1. The van der Waals surface area contributed by atoms with Crippen LogP contribution in [0.15, 0.2) is 24.3 Å². The van der Waals surface area contributed by atoms with E-state index in [4.69, 9.17) is 9.84 Å². The Balaban J connectivity index is 2.98. The smallest absolute Gasteiger partial charge is 0.313 e. The average Bonchev–Trinajstić information content (AvgIpc) is 2.17. The second-order valence-electron chi connectivity index (χ2n) is 3.07. The average molecular weight is 182 g/mol. The molecule has 1 aliphatic rings. The maximum atomic E-state index is 10.9. The molecule has 0 heterocycles. The summed E-state index contributed by atoms with van der Waals surface area (Å²) in [5.74, 6) is -1.42. The van der Waals surface area contributed by atoms with E-state index in [1.54, 1.807) is 19.3 Å². The number of carboxylic acid groups (broad SMARTS) is 1. The first-order valence-electron chi connectivity index (χ1n) is 4.30. The van der Waals surface area contributed by atoms with Crippen LogP contribution in [0.2, 0.25) is 0 Å². The Morgan fingerprint density at radius 2 is 2.31 bits per heavy atom. The van der Waals surface area contributed by atoms with Crippen LogP contribution < -0.4 is 0 Å². The zero-order valence-electron chi connectivity index (χ0n) is 7.86. The molecule has 0 aromatic rings. The number of aliphatic carboxylic acids is 1. The molecule has 1 N–H and O–H groups in total. The highest BCUT2D eigenvalue weighted by atomic mass is 16.5. The zero-order valence-corrected chi connectivity index (χ0v) is 7.86. The van der Waals surface area contributed by atoms with E-state index in [1.807, 2.05) is 19.1 Å². The van der Waals surface area contributed by atoms with E-state index in [0.29, 0.717) is 6.42 Å². The predicted molar refractivity (Wildman–Crippen MR) is 49.4 cm³/mol. The van der Waals surface area contributed by atoms with Gasteiger partial charge >= 0.3 is 5.97 Å². The fraction of sp³-hybridized carbons (Fsp3) is 0.500. The molecule has 0 radical (unpaired) electrons. The van der Waals surface area contributed by atoms with Crippen molar-refractivity contribution in [1.82, 2.24) is 0 Å². The summed E-state index contributed by atoms with van der Waals surface area (Å²) < 4.78 is 5.28. The Morgan fingerprint density at radius 1 is 1.62 bits per heavy atom. The van der Waals surface area contributed by atoms with Crippen molar-refractivity contribution in [3.05, 3.63) is 24.3 Å². The molecule has 0 aromatic heterocycles. The molecule has 0 saturated heterocycles. The topological polar surface area (TPSA) is 46.5 Å². The molecule has 2 atom stereocenters. The summed E-state index contributed by atoms with van der Waals surface area (Å²) in [5.41, 5.74) is -0.666. The summed E-state index contributed by atoms with van der Waals surface area (Å²) in [6.07, 6.45) is 7.70. The lowest BCUT2D eigenvalue weighted by molar-refractivity contribution is -0.148. The monoisotopic (exact) mass is 182 g/mol. The molecule has 0 spiro atoms. The molecule has 0 bridgehead atoms. The van der Waals surface area contributed by atoms with E-state index in [-0.39, 0.29) is 0 Å². The Kier molecular flexibility index (Phi) is 2.88. The standard InChI is InChI=1S/C10H14O3/c1-3-10(13-2)7-5-4-6-8(10)9(11)12/h4-8H,3H2,1-2H3,(H,11,12). The number of allylic oxidation sites excluding steroid dienone is 2. The van der Waals surface area contributed by atoms with Crippen LogP contribution in [0.4, 0.5) is 0 Å². The van der Waals surface area contributed by atoms with Crippen molar-refractivity contribution in [1.29, 1.82) is 0 Å². The molecule has 72 valence electrons. The third-order valence-corrected chi connectivity index (χ3v) is 2.52. The van der Waals surface area contributed by atoms with Gasteiger partial charge in [0, 0.05) is 7.11 Å². The van der Waals surface area contributed by atoms with Crippen LogP contribution in [0.1, 0.15) is 13.3 Å². The Morgan fingerprint density at radius 3 is 2.69 bits per heavy atom. The molecular weight excluding hydrogens is 168 g/mol.